The summed E-state index contributed by atoms with van der Waals surface area (Å²) in [7, 11) is 0. The van der Waals surface area contributed by atoms with Gasteiger partial charge >= 0.3 is 5.97 Å². The summed E-state index contributed by atoms with van der Waals surface area (Å²) < 4.78 is 10.8. The van der Waals surface area contributed by atoms with Crippen LogP contribution >= 0.6 is 11.3 Å². The molecule has 0 spiro atoms. The second kappa shape index (κ2) is 10.6. The van der Waals surface area contributed by atoms with Crippen LogP contribution in [0.1, 0.15) is 47.2 Å². The number of hydrogen-bond donors (Lipinski definition) is 1. The van der Waals surface area contributed by atoms with E-state index in [0.29, 0.717) is 17.9 Å². The molecule has 0 saturated carbocycles. The Labute approximate surface area is 157 Å². The molecule has 0 aliphatic heterocycles. The van der Waals surface area contributed by atoms with Crippen LogP contribution in [0.4, 0.5) is 0 Å². The highest BCUT2D eigenvalue weighted by Crippen LogP contribution is 2.20. The van der Waals surface area contributed by atoms with E-state index in [-0.39, 0.29) is 19.1 Å². The number of hydrogen-bond acceptors (Lipinski definition) is 6. The Morgan fingerprint density at radius 3 is 2.77 bits per heavy atom. The zero-order chi connectivity index (χ0) is 18.8. The van der Waals surface area contributed by atoms with Crippen molar-refractivity contribution in [2.24, 2.45) is 0 Å². The number of amides is 1. The minimum Gasteiger partial charge on any atom is -0.486 e. The van der Waals surface area contributed by atoms with Crippen LogP contribution in [0.2, 0.25) is 0 Å². The smallest absolute Gasteiger partial charge is 0.342 e. The quantitative estimate of drug-likeness (QED) is 0.507. The maximum Gasteiger partial charge on any atom is 0.342 e. The van der Waals surface area contributed by atoms with E-state index in [1.165, 1.54) is 0 Å². The van der Waals surface area contributed by atoms with Gasteiger partial charge in [-0.15, -0.1) is 11.3 Å². The van der Waals surface area contributed by atoms with Gasteiger partial charge in [0.05, 0.1) is 10.7 Å². The Hall–Kier alpha value is -2.41. The molecule has 0 bridgehead atoms. The van der Waals surface area contributed by atoms with Crippen LogP contribution in [-0.4, -0.2) is 30.0 Å². The fraction of sp³-hybridized carbons (Fsp3) is 0.421. The largest absolute Gasteiger partial charge is 0.486 e. The first-order chi connectivity index (χ1) is 12.6. The summed E-state index contributed by atoms with van der Waals surface area (Å²) in [5, 5.41) is 5.61. The molecule has 2 aromatic rings. The molecule has 1 heterocycles. The van der Waals surface area contributed by atoms with E-state index in [0.717, 1.165) is 30.0 Å². The number of rotatable bonds is 10. The van der Waals surface area contributed by atoms with Crippen LogP contribution < -0.4 is 10.1 Å². The van der Waals surface area contributed by atoms with Gasteiger partial charge in [0.25, 0.3) is 5.91 Å². The van der Waals surface area contributed by atoms with Crippen LogP contribution in [0.15, 0.2) is 29.6 Å². The van der Waals surface area contributed by atoms with Crippen LogP contribution in [0, 0.1) is 6.92 Å². The van der Waals surface area contributed by atoms with Crippen molar-refractivity contribution in [3.63, 3.8) is 0 Å². The summed E-state index contributed by atoms with van der Waals surface area (Å²) in [6, 6.07) is 6.81. The highest BCUT2D eigenvalue weighted by Gasteiger charge is 2.15. The number of aromatic nitrogens is 1. The molecule has 0 atom stereocenters. The maximum absolute atomic E-state index is 12.3. The fourth-order valence-electron chi connectivity index (χ4n) is 2.25. The Balaban J connectivity index is 1.85. The van der Waals surface area contributed by atoms with Gasteiger partial charge in [-0.05, 0) is 25.5 Å². The zero-order valence-corrected chi connectivity index (χ0v) is 15.9. The van der Waals surface area contributed by atoms with Gasteiger partial charge in [-0.25, -0.2) is 9.78 Å². The number of esters is 1. The average Bonchev–Trinajstić information content (AvgIpc) is 3.07. The van der Waals surface area contributed by atoms with Crippen LogP contribution in [0.25, 0.3) is 0 Å². The molecule has 6 nitrogen and oxygen atoms in total. The number of nitrogens with one attached hydrogen (secondary N) is 1. The van der Waals surface area contributed by atoms with E-state index in [4.69, 9.17) is 9.47 Å². The molecule has 2 rings (SSSR count). The van der Waals surface area contributed by atoms with Gasteiger partial charge in [-0.1, -0.05) is 31.9 Å². The molecule has 0 aliphatic rings. The third-order valence-corrected chi connectivity index (χ3v) is 4.41. The average molecular weight is 376 g/mol. The molecule has 0 saturated heterocycles. The van der Waals surface area contributed by atoms with Crippen molar-refractivity contribution in [2.45, 2.75) is 39.7 Å². The van der Waals surface area contributed by atoms with Crippen molar-refractivity contribution in [3.05, 3.63) is 45.9 Å². The van der Waals surface area contributed by atoms with E-state index in [2.05, 4.69) is 17.2 Å². The van der Waals surface area contributed by atoms with Gasteiger partial charge in [-0.3, -0.25) is 4.79 Å². The van der Waals surface area contributed by atoms with E-state index in [1.54, 1.807) is 35.6 Å². The lowest BCUT2D eigenvalue weighted by atomic mass is 10.2. The number of carbonyl (C=O) groups excluding carboxylic acids is 2. The normalized spacial score (nSPS) is 10.4. The van der Waals surface area contributed by atoms with Gasteiger partial charge in [0.2, 0.25) is 0 Å². The van der Waals surface area contributed by atoms with Crippen molar-refractivity contribution in [2.75, 3.05) is 13.2 Å². The van der Waals surface area contributed by atoms with Gasteiger partial charge in [0.1, 0.15) is 17.9 Å². The predicted octanol–water partition coefficient (Wildman–Crippen LogP) is 3.49. The van der Waals surface area contributed by atoms with Crippen LogP contribution in [0.3, 0.4) is 0 Å². The van der Waals surface area contributed by atoms with Crippen LogP contribution in [-0.2, 0) is 16.1 Å². The highest BCUT2D eigenvalue weighted by atomic mass is 32.1. The summed E-state index contributed by atoms with van der Waals surface area (Å²) in [5.41, 5.74) is 1.10. The van der Waals surface area contributed by atoms with Crippen LogP contribution in [0.5, 0.6) is 5.75 Å². The molecule has 26 heavy (non-hydrogen) atoms. The summed E-state index contributed by atoms with van der Waals surface area (Å²) in [4.78, 5) is 28.3. The zero-order valence-electron chi connectivity index (χ0n) is 15.1. The number of thiazole rings is 1. The fourth-order valence-corrected chi connectivity index (χ4v) is 2.85. The Kier molecular flexibility index (Phi) is 8.08. The minimum atomic E-state index is -0.584. The van der Waals surface area contributed by atoms with E-state index >= 15 is 0 Å². The van der Waals surface area contributed by atoms with Crippen molar-refractivity contribution < 1.29 is 19.1 Å². The molecule has 0 aliphatic carbocycles. The Morgan fingerprint density at radius 2 is 2.04 bits per heavy atom. The standard InChI is InChI=1S/C19H24N2O4S/c1-3-4-7-10-20-18(22)12-25-19(23)16-8-5-6-9-17(16)24-11-15-13-26-14(2)21-15/h5-6,8-9,13H,3-4,7,10-12H2,1-2H3,(H,20,22). The number of ether oxygens (including phenoxy) is 2. The topological polar surface area (TPSA) is 77.5 Å². The molecule has 1 amide bonds. The molecular weight excluding hydrogens is 352 g/mol. The summed E-state index contributed by atoms with van der Waals surface area (Å²) >= 11 is 1.54. The van der Waals surface area contributed by atoms with Gasteiger partial charge < -0.3 is 14.8 Å². The van der Waals surface area contributed by atoms with Crippen molar-refractivity contribution in [3.8, 4) is 5.75 Å². The monoisotopic (exact) mass is 376 g/mol. The highest BCUT2D eigenvalue weighted by molar-refractivity contribution is 7.09. The molecule has 1 aromatic heterocycles. The molecule has 0 radical (unpaired) electrons. The lowest BCUT2D eigenvalue weighted by Crippen LogP contribution is -2.29. The van der Waals surface area contributed by atoms with E-state index < -0.39 is 5.97 Å². The SMILES string of the molecule is CCCCCNC(=O)COC(=O)c1ccccc1OCc1csc(C)n1. The molecule has 0 fully saturated rings. The summed E-state index contributed by atoms with van der Waals surface area (Å²) in [6.45, 7) is 4.58. The lowest BCUT2D eigenvalue weighted by molar-refractivity contribution is -0.124. The van der Waals surface area contributed by atoms with Crippen molar-refractivity contribution >= 4 is 23.2 Å². The second-order valence-corrected chi connectivity index (χ2v) is 6.84. The molecule has 0 unspecified atom stereocenters. The van der Waals surface area contributed by atoms with E-state index in [1.807, 2.05) is 12.3 Å². The third-order valence-electron chi connectivity index (χ3n) is 3.59. The molecule has 1 N–H and O–H groups in total. The van der Waals surface area contributed by atoms with E-state index in [9.17, 15) is 9.59 Å². The molecule has 140 valence electrons. The van der Waals surface area contributed by atoms with Crippen molar-refractivity contribution in [1.29, 1.82) is 0 Å². The molecule has 7 heteroatoms. The first-order valence-electron chi connectivity index (χ1n) is 8.66. The minimum absolute atomic E-state index is 0.270. The second-order valence-electron chi connectivity index (χ2n) is 5.78. The predicted molar refractivity (Wildman–Crippen MR) is 100 cm³/mol. The summed E-state index contributed by atoms with van der Waals surface area (Å²) in [5.74, 6) is -0.476. The lowest BCUT2D eigenvalue weighted by Gasteiger charge is -2.10. The number of aryl methyl sites for hydroxylation is 1. The van der Waals surface area contributed by atoms with Gasteiger partial charge in [0, 0.05) is 11.9 Å². The maximum atomic E-state index is 12.3. The van der Waals surface area contributed by atoms with Crippen molar-refractivity contribution in [1.82, 2.24) is 10.3 Å². The number of para-hydroxylation sites is 1. The first-order valence-corrected chi connectivity index (χ1v) is 9.54. The number of nitrogens with zero attached hydrogens (tertiary/aromatic N) is 1. The third kappa shape index (κ3) is 6.48. The first kappa shape index (κ1) is 19.9. The van der Waals surface area contributed by atoms with Gasteiger partial charge in [0.15, 0.2) is 6.61 Å². The number of carbonyl (C=O) groups is 2. The van der Waals surface area contributed by atoms with Gasteiger partial charge in [-0.2, -0.15) is 0 Å². The Bertz CT molecular complexity index is 730. The number of benzene rings is 1. The Morgan fingerprint density at radius 1 is 1.23 bits per heavy atom. The molecular formula is C19H24N2O4S. The summed E-state index contributed by atoms with van der Waals surface area (Å²) in [6.07, 6.45) is 3.06. The number of unbranched alkanes of at least 4 members (excludes halogenated alkanes) is 2. The molecule has 1 aromatic carbocycles.